The second-order valence-electron chi connectivity index (χ2n) is 5.58. The molecule has 26 heavy (non-hydrogen) atoms. The molecule has 1 aliphatic heterocycles. The number of hydrogen-bond donors (Lipinski definition) is 0. The Balaban J connectivity index is 1.69. The van der Waals surface area contributed by atoms with Crippen LogP contribution in [0, 0.1) is 0 Å². The van der Waals surface area contributed by atoms with Crippen LogP contribution in [0.15, 0.2) is 42.5 Å². The number of esters is 1. The van der Waals surface area contributed by atoms with E-state index in [4.69, 9.17) is 14.2 Å². The Hall–Kier alpha value is -3.35. The predicted molar refractivity (Wildman–Crippen MR) is 92.5 cm³/mol. The second-order valence-corrected chi connectivity index (χ2v) is 5.58. The number of nitrogens with zero attached hydrogens (tertiary/aromatic N) is 1. The van der Waals surface area contributed by atoms with Crippen LogP contribution in [-0.2, 0) is 20.9 Å². The molecule has 1 heterocycles. The second kappa shape index (κ2) is 7.26. The van der Waals surface area contributed by atoms with Gasteiger partial charge in [0.15, 0.2) is 0 Å². The van der Waals surface area contributed by atoms with Crippen LogP contribution < -0.4 is 14.4 Å². The number of Topliss-reactive ketones (excluding diaryl/α,β-unsaturated/α-hetero) is 1. The smallest absolute Gasteiger partial charge is 0.326 e. The van der Waals surface area contributed by atoms with E-state index in [-0.39, 0.29) is 13.2 Å². The summed E-state index contributed by atoms with van der Waals surface area (Å²) < 4.78 is 15.6. The molecular weight excluding hydrogens is 338 g/mol. The molecule has 1 aliphatic rings. The molecule has 0 saturated carbocycles. The number of carbonyl (C=O) groups excluding carboxylic acids is 3. The van der Waals surface area contributed by atoms with Gasteiger partial charge in [0, 0.05) is 5.56 Å². The lowest BCUT2D eigenvalue weighted by atomic mass is 10.1. The van der Waals surface area contributed by atoms with Gasteiger partial charge in [-0.1, -0.05) is 12.1 Å². The quantitative estimate of drug-likeness (QED) is 0.582. The van der Waals surface area contributed by atoms with Crippen LogP contribution in [0.3, 0.4) is 0 Å². The minimum Gasteiger partial charge on any atom is -0.497 e. The molecule has 0 aliphatic carbocycles. The lowest BCUT2D eigenvalue weighted by Gasteiger charge is -2.16. The molecule has 0 spiro atoms. The van der Waals surface area contributed by atoms with Crippen molar-refractivity contribution in [1.29, 1.82) is 0 Å². The summed E-state index contributed by atoms with van der Waals surface area (Å²) >= 11 is 0. The van der Waals surface area contributed by atoms with Crippen LogP contribution in [0.2, 0.25) is 0 Å². The first-order valence-corrected chi connectivity index (χ1v) is 7.87. The zero-order valence-electron chi connectivity index (χ0n) is 14.4. The summed E-state index contributed by atoms with van der Waals surface area (Å²) in [5, 5.41) is 0. The van der Waals surface area contributed by atoms with Crippen molar-refractivity contribution in [2.24, 2.45) is 0 Å². The Labute approximate surface area is 150 Å². The lowest BCUT2D eigenvalue weighted by molar-refractivity contribution is -0.143. The summed E-state index contributed by atoms with van der Waals surface area (Å²) in [6.07, 6.45) is 0. The Morgan fingerprint density at radius 2 is 1.81 bits per heavy atom. The molecule has 7 heteroatoms. The number of benzene rings is 2. The maximum absolute atomic E-state index is 12.2. The third-order valence-corrected chi connectivity index (χ3v) is 4.04. The van der Waals surface area contributed by atoms with Gasteiger partial charge in [-0.15, -0.1) is 0 Å². The molecule has 7 nitrogen and oxygen atoms in total. The molecule has 0 fully saturated rings. The highest BCUT2D eigenvalue weighted by Crippen LogP contribution is 2.28. The zero-order valence-corrected chi connectivity index (χ0v) is 14.4. The minimum atomic E-state index is -0.734. The van der Waals surface area contributed by atoms with E-state index >= 15 is 0 Å². The van der Waals surface area contributed by atoms with Crippen LogP contribution >= 0.6 is 0 Å². The number of hydrogen-bond acceptors (Lipinski definition) is 6. The van der Waals surface area contributed by atoms with Crippen molar-refractivity contribution in [2.45, 2.75) is 6.61 Å². The molecule has 0 N–H and O–H groups in total. The summed E-state index contributed by atoms with van der Waals surface area (Å²) in [6, 6.07) is 11.7. The van der Waals surface area contributed by atoms with E-state index in [2.05, 4.69) is 0 Å². The number of carbonyl (C=O) groups is 3. The Bertz CT molecular complexity index is 876. The van der Waals surface area contributed by atoms with Crippen molar-refractivity contribution in [3.8, 4) is 11.5 Å². The number of anilines is 1. The molecule has 2 aromatic rings. The van der Waals surface area contributed by atoms with Gasteiger partial charge in [0.25, 0.3) is 11.7 Å². The third kappa shape index (κ3) is 3.23. The van der Waals surface area contributed by atoms with Gasteiger partial charge in [-0.2, -0.15) is 0 Å². The fourth-order valence-electron chi connectivity index (χ4n) is 2.73. The highest BCUT2D eigenvalue weighted by Gasteiger charge is 2.36. The maximum atomic E-state index is 12.2. The summed E-state index contributed by atoms with van der Waals surface area (Å²) in [5.74, 6) is -0.833. The molecule has 1 amide bonds. The summed E-state index contributed by atoms with van der Waals surface area (Å²) in [5.41, 5.74) is 1.34. The first-order valence-electron chi connectivity index (χ1n) is 7.87. The minimum absolute atomic E-state index is 0.0448. The number of rotatable bonds is 6. The fraction of sp³-hybridized carbons (Fsp3) is 0.211. The van der Waals surface area contributed by atoms with Crippen molar-refractivity contribution in [2.75, 3.05) is 25.7 Å². The molecule has 0 radical (unpaired) electrons. The average Bonchev–Trinajstić information content (AvgIpc) is 2.91. The fourth-order valence-corrected chi connectivity index (χ4v) is 2.73. The van der Waals surface area contributed by atoms with Gasteiger partial charge in [-0.25, -0.2) is 0 Å². The molecule has 0 atom stereocenters. The molecule has 2 aromatic carbocycles. The van der Waals surface area contributed by atoms with Gasteiger partial charge in [-0.3, -0.25) is 19.3 Å². The van der Waals surface area contributed by atoms with Gasteiger partial charge < -0.3 is 14.2 Å². The van der Waals surface area contributed by atoms with E-state index in [1.54, 1.807) is 42.5 Å². The molecule has 0 bridgehead atoms. The highest BCUT2D eigenvalue weighted by atomic mass is 16.5. The van der Waals surface area contributed by atoms with E-state index in [1.807, 2.05) is 0 Å². The van der Waals surface area contributed by atoms with Crippen molar-refractivity contribution >= 4 is 23.3 Å². The topological polar surface area (TPSA) is 82.1 Å². The van der Waals surface area contributed by atoms with Gasteiger partial charge in [0.2, 0.25) is 0 Å². The number of para-hydroxylation sites is 1. The van der Waals surface area contributed by atoms with E-state index in [1.165, 1.54) is 14.2 Å². The molecule has 0 unspecified atom stereocenters. The van der Waals surface area contributed by atoms with Crippen LogP contribution in [0.4, 0.5) is 5.69 Å². The first-order chi connectivity index (χ1) is 12.5. The van der Waals surface area contributed by atoms with Crippen LogP contribution in [0.5, 0.6) is 11.5 Å². The maximum Gasteiger partial charge on any atom is 0.326 e. The normalized spacial score (nSPS) is 12.8. The van der Waals surface area contributed by atoms with E-state index in [0.717, 1.165) is 4.90 Å². The van der Waals surface area contributed by atoms with Gasteiger partial charge >= 0.3 is 5.97 Å². The third-order valence-electron chi connectivity index (χ3n) is 4.04. The number of ketones is 1. The number of ether oxygens (including phenoxy) is 3. The van der Waals surface area contributed by atoms with Gasteiger partial charge in [0.05, 0.1) is 25.5 Å². The molecule has 3 rings (SSSR count). The standard InChI is InChI=1S/C19H17NO6/c1-24-13-7-8-16(25-2)12(9-13)11-26-17(21)10-20-15-6-4-3-5-14(15)18(22)19(20)23/h3-9H,10-11H2,1-2H3. The van der Waals surface area contributed by atoms with Gasteiger partial charge in [-0.05, 0) is 30.3 Å². The largest absolute Gasteiger partial charge is 0.497 e. The lowest BCUT2D eigenvalue weighted by Crippen LogP contribution is -2.35. The molecule has 0 aromatic heterocycles. The van der Waals surface area contributed by atoms with E-state index in [0.29, 0.717) is 28.3 Å². The Kier molecular flexibility index (Phi) is 4.88. The SMILES string of the molecule is COc1ccc(OC)c(COC(=O)CN2C(=O)C(=O)c3ccccc32)c1. The van der Waals surface area contributed by atoms with Crippen molar-refractivity contribution in [1.82, 2.24) is 0 Å². The Morgan fingerprint density at radius 1 is 1.04 bits per heavy atom. The van der Waals surface area contributed by atoms with Crippen molar-refractivity contribution in [3.63, 3.8) is 0 Å². The predicted octanol–water partition coefficient (Wildman–Crippen LogP) is 1.98. The van der Waals surface area contributed by atoms with Crippen molar-refractivity contribution < 1.29 is 28.6 Å². The Morgan fingerprint density at radius 3 is 2.54 bits per heavy atom. The number of methoxy groups -OCH3 is 2. The van der Waals surface area contributed by atoms with Crippen LogP contribution in [0.1, 0.15) is 15.9 Å². The average molecular weight is 355 g/mol. The van der Waals surface area contributed by atoms with Crippen molar-refractivity contribution in [3.05, 3.63) is 53.6 Å². The first kappa shape index (κ1) is 17.5. The van der Waals surface area contributed by atoms with E-state index in [9.17, 15) is 14.4 Å². The monoisotopic (exact) mass is 355 g/mol. The number of fused-ring (bicyclic) bond motifs is 1. The van der Waals surface area contributed by atoms with Gasteiger partial charge in [0.1, 0.15) is 24.7 Å². The highest BCUT2D eigenvalue weighted by molar-refractivity contribution is 6.52. The van der Waals surface area contributed by atoms with E-state index < -0.39 is 17.7 Å². The summed E-state index contributed by atoms with van der Waals surface area (Å²) in [7, 11) is 3.05. The number of amides is 1. The summed E-state index contributed by atoms with van der Waals surface area (Å²) in [4.78, 5) is 37.4. The van der Waals surface area contributed by atoms with Crippen LogP contribution in [-0.4, -0.2) is 38.4 Å². The van der Waals surface area contributed by atoms with Crippen LogP contribution in [0.25, 0.3) is 0 Å². The molecule has 134 valence electrons. The molecule has 0 saturated heterocycles. The summed E-state index contributed by atoms with van der Waals surface area (Å²) in [6.45, 7) is -0.384. The zero-order chi connectivity index (χ0) is 18.7. The molecular formula is C19H17NO6.